The van der Waals surface area contributed by atoms with E-state index in [1.807, 2.05) is 42.5 Å². The van der Waals surface area contributed by atoms with Crippen molar-refractivity contribution in [1.29, 1.82) is 0 Å². The molecule has 0 saturated heterocycles. The van der Waals surface area contributed by atoms with Crippen LogP contribution in [0.2, 0.25) is 4.34 Å². The Morgan fingerprint density at radius 2 is 1.91 bits per heavy atom. The Morgan fingerprint density at radius 1 is 1.06 bits per heavy atom. The molecule has 2 aliphatic rings. The van der Waals surface area contributed by atoms with Crippen molar-refractivity contribution in [2.45, 2.75) is 12.8 Å². The summed E-state index contributed by atoms with van der Waals surface area (Å²) in [5, 5.41) is 0.715. The maximum atomic E-state index is 13.3. The summed E-state index contributed by atoms with van der Waals surface area (Å²) in [4.78, 5) is 31.1. The number of fused-ring (bicyclic) bond motifs is 3. The first-order valence-corrected chi connectivity index (χ1v) is 12.2. The zero-order chi connectivity index (χ0) is 23.9. The van der Waals surface area contributed by atoms with Crippen molar-refractivity contribution < 1.29 is 23.8 Å². The van der Waals surface area contributed by atoms with Gasteiger partial charge >= 0.3 is 5.97 Å². The number of esters is 1. The molecule has 0 unspecified atom stereocenters. The summed E-state index contributed by atoms with van der Waals surface area (Å²) in [5.74, 6) is 0.631. The molecule has 35 heavy (non-hydrogen) atoms. The van der Waals surface area contributed by atoms with Gasteiger partial charge in [0.1, 0.15) is 0 Å². The number of carbonyl (C=O) groups is 2. The second kappa shape index (κ2) is 8.83. The van der Waals surface area contributed by atoms with Crippen molar-refractivity contribution in [1.82, 2.24) is 4.98 Å². The molecule has 4 aromatic rings. The molecule has 6 rings (SSSR count). The third kappa shape index (κ3) is 4.07. The normalized spacial score (nSPS) is 14.9. The molecule has 0 bridgehead atoms. The molecule has 0 fully saturated rings. The van der Waals surface area contributed by atoms with Crippen molar-refractivity contribution in [3.63, 3.8) is 0 Å². The highest BCUT2D eigenvalue weighted by atomic mass is 35.5. The zero-order valence-corrected chi connectivity index (χ0v) is 19.9. The fraction of sp³-hybridized carbons (Fsp3) is 0.148. The van der Waals surface area contributed by atoms with Crippen LogP contribution in [0.15, 0.2) is 54.6 Å². The summed E-state index contributed by atoms with van der Waals surface area (Å²) in [6, 6.07) is 16.6. The lowest BCUT2D eigenvalue weighted by molar-refractivity contribution is 0.0476. The molecule has 6 nitrogen and oxygen atoms in total. The molecule has 8 heteroatoms. The molecule has 174 valence electrons. The van der Waals surface area contributed by atoms with Crippen molar-refractivity contribution in [3.8, 4) is 11.5 Å². The van der Waals surface area contributed by atoms with Gasteiger partial charge in [-0.05, 0) is 65.9 Å². The van der Waals surface area contributed by atoms with Gasteiger partial charge in [0, 0.05) is 5.39 Å². The SMILES string of the molecule is O=C(COC(=O)c1c2c(nc3ccccc13)/C(=C\c1ccc3c(c1)OCO3)CC2)c1ccc(Cl)s1. The number of thiophene rings is 1. The quantitative estimate of drug-likeness (QED) is 0.238. The van der Waals surface area contributed by atoms with E-state index in [1.165, 1.54) is 0 Å². The predicted octanol–water partition coefficient (Wildman–Crippen LogP) is 6.20. The summed E-state index contributed by atoms with van der Waals surface area (Å²) < 4.78 is 16.9. The van der Waals surface area contributed by atoms with Crippen LogP contribution in [0.5, 0.6) is 11.5 Å². The lowest BCUT2D eigenvalue weighted by Crippen LogP contribution is -2.15. The summed E-state index contributed by atoms with van der Waals surface area (Å²) in [7, 11) is 0. The molecule has 2 aromatic carbocycles. The van der Waals surface area contributed by atoms with Crippen molar-refractivity contribution in [3.05, 3.63) is 86.2 Å². The predicted molar refractivity (Wildman–Crippen MR) is 134 cm³/mol. The number of pyridine rings is 1. The average Bonchev–Trinajstić information content (AvgIpc) is 3.61. The molecular formula is C27H18ClNO5S. The van der Waals surface area contributed by atoms with Gasteiger partial charge in [0.05, 0.1) is 26.0 Å². The summed E-state index contributed by atoms with van der Waals surface area (Å²) in [5.41, 5.74) is 4.79. The van der Waals surface area contributed by atoms with E-state index >= 15 is 0 Å². The van der Waals surface area contributed by atoms with E-state index in [4.69, 9.17) is 30.8 Å². The Morgan fingerprint density at radius 3 is 2.77 bits per heavy atom. The van der Waals surface area contributed by atoms with Gasteiger partial charge in [0.25, 0.3) is 0 Å². The standard InChI is InChI=1S/C27H18ClNO5S/c28-24-10-9-23(35-24)20(30)13-32-27(31)25-17-3-1-2-4-19(17)29-26-16(6-7-18(25)26)11-15-5-8-21-22(12-15)34-14-33-21/h1-5,8-12H,6-7,13-14H2/b16-11-. The molecule has 1 aliphatic carbocycles. The Kier molecular flexibility index (Phi) is 5.51. The average molecular weight is 504 g/mol. The topological polar surface area (TPSA) is 74.7 Å². The van der Waals surface area contributed by atoms with Crippen LogP contribution in [0.3, 0.4) is 0 Å². The van der Waals surface area contributed by atoms with Gasteiger partial charge in [-0.3, -0.25) is 4.79 Å². The molecule has 0 atom stereocenters. The number of hydrogen-bond donors (Lipinski definition) is 0. The monoisotopic (exact) mass is 503 g/mol. The van der Waals surface area contributed by atoms with E-state index < -0.39 is 5.97 Å². The maximum absolute atomic E-state index is 13.3. The van der Waals surface area contributed by atoms with Crippen molar-refractivity contribution >= 4 is 57.2 Å². The third-order valence-electron chi connectivity index (χ3n) is 6.07. The summed E-state index contributed by atoms with van der Waals surface area (Å²) >= 11 is 7.09. The van der Waals surface area contributed by atoms with Crippen LogP contribution in [0.25, 0.3) is 22.6 Å². The Labute approximate surface area is 209 Å². The molecule has 0 amide bonds. The van der Waals surface area contributed by atoms with Gasteiger partial charge in [-0.2, -0.15) is 0 Å². The minimum Gasteiger partial charge on any atom is -0.454 e. The Balaban J connectivity index is 1.35. The molecular weight excluding hydrogens is 486 g/mol. The third-order valence-corrected chi connectivity index (χ3v) is 7.34. The van der Waals surface area contributed by atoms with Crippen molar-refractivity contribution in [2.24, 2.45) is 0 Å². The molecule has 0 radical (unpaired) electrons. The molecule has 0 saturated carbocycles. The van der Waals surface area contributed by atoms with Crippen LogP contribution in [-0.2, 0) is 11.2 Å². The number of ether oxygens (including phenoxy) is 3. The van der Waals surface area contributed by atoms with Gasteiger partial charge < -0.3 is 14.2 Å². The first-order valence-electron chi connectivity index (χ1n) is 11.0. The summed E-state index contributed by atoms with van der Waals surface area (Å²) in [6.07, 6.45) is 3.46. The van der Waals surface area contributed by atoms with Gasteiger partial charge in [-0.25, -0.2) is 9.78 Å². The number of benzene rings is 2. The van der Waals surface area contributed by atoms with Gasteiger partial charge in [0.15, 0.2) is 18.1 Å². The van der Waals surface area contributed by atoms with E-state index in [-0.39, 0.29) is 19.2 Å². The fourth-order valence-corrected chi connectivity index (χ4v) is 5.42. The van der Waals surface area contributed by atoms with E-state index in [0.29, 0.717) is 37.9 Å². The van der Waals surface area contributed by atoms with Crippen LogP contribution in [0.1, 0.15) is 43.3 Å². The van der Waals surface area contributed by atoms with E-state index in [0.717, 1.165) is 45.9 Å². The number of allylic oxidation sites excluding steroid dienone is 1. The number of nitrogens with zero attached hydrogens (tertiary/aromatic N) is 1. The van der Waals surface area contributed by atoms with Crippen LogP contribution in [-0.4, -0.2) is 30.1 Å². The molecule has 3 heterocycles. The van der Waals surface area contributed by atoms with Gasteiger partial charge in [-0.1, -0.05) is 35.9 Å². The minimum absolute atomic E-state index is 0.221. The number of carbonyl (C=O) groups excluding carboxylic acids is 2. The van der Waals surface area contributed by atoms with Crippen LogP contribution >= 0.6 is 22.9 Å². The second-order valence-corrected chi connectivity index (χ2v) is 9.93. The number of aromatic nitrogens is 1. The Hall–Kier alpha value is -3.68. The second-order valence-electron chi connectivity index (χ2n) is 8.22. The highest BCUT2D eigenvalue weighted by Crippen LogP contribution is 2.39. The molecule has 1 aliphatic heterocycles. The van der Waals surface area contributed by atoms with Gasteiger partial charge in [0.2, 0.25) is 12.6 Å². The largest absolute Gasteiger partial charge is 0.454 e. The van der Waals surface area contributed by atoms with Crippen molar-refractivity contribution in [2.75, 3.05) is 13.4 Å². The number of rotatable bonds is 5. The number of hydrogen-bond acceptors (Lipinski definition) is 7. The number of para-hydroxylation sites is 1. The molecule has 0 N–H and O–H groups in total. The van der Waals surface area contributed by atoms with E-state index in [1.54, 1.807) is 12.1 Å². The lowest BCUT2D eigenvalue weighted by atomic mass is 10.0. The van der Waals surface area contributed by atoms with E-state index in [9.17, 15) is 9.59 Å². The zero-order valence-electron chi connectivity index (χ0n) is 18.4. The smallest absolute Gasteiger partial charge is 0.339 e. The van der Waals surface area contributed by atoms with Gasteiger partial charge in [-0.15, -0.1) is 11.3 Å². The number of Topliss-reactive ketones (excluding diaryl/α,β-unsaturated/α-hetero) is 1. The first kappa shape index (κ1) is 21.8. The van der Waals surface area contributed by atoms with Crippen LogP contribution in [0, 0.1) is 0 Å². The molecule has 0 spiro atoms. The lowest BCUT2D eigenvalue weighted by Gasteiger charge is -2.12. The fourth-order valence-electron chi connectivity index (χ4n) is 4.45. The highest BCUT2D eigenvalue weighted by Gasteiger charge is 2.28. The van der Waals surface area contributed by atoms with Crippen LogP contribution in [0.4, 0.5) is 0 Å². The first-order chi connectivity index (χ1) is 17.1. The van der Waals surface area contributed by atoms with E-state index in [2.05, 4.69) is 6.08 Å². The summed E-state index contributed by atoms with van der Waals surface area (Å²) in [6.45, 7) is -0.125. The maximum Gasteiger partial charge on any atom is 0.339 e. The molecule has 2 aromatic heterocycles. The Bertz CT molecular complexity index is 1540. The minimum atomic E-state index is -0.528. The number of halogens is 1. The number of ketones is 1. The highest BCUT2D eigenvalue weighted by molar-refractivity contribution is 7.18. The van der Waals surface area contributed by atoms with Crippen LogP contribution < -0.4 is 9.47 Å².